The summed E-state index contributed by atoms with van der Waals surface area (Å²) in [7, 11) is -2.77. The van der Waals surface area contributed by atoms with Crippen molar-refractivity contribution in [2.75, 3.05) is 18.1 Å². The van der Waals surface area contributed by atoms with Gasteiger partial charge in [-0.25, -0.2) is 8.42 Å². The molecule has 0 aromatic carbocycles. The van der Waals surface area contributed by atoms with Crippen LogP contribution in [0.4, 0.5) is 0 Å². The third-order valence-corrected chi connectivity index (χ3v) is 5.38. The summed E-state index contributed by atoms with van der Waals surface area (Å²) < 4.78 is 22.9. The highest BCUT2D eigenvalue weighted by molar-refractivity contribution is 7.91. The van der Waals surface area contributed by atoms with Gasteiger partial charge in [0.2, 0.25) is 0 Å². The van der Waals surface area contributed by atoms with E-state index in [0.717, 1.165) is 19.3 Å². The Balaban J connectivity index is 2.08. The van der Waals surface area contributed by atoms with Crippen LogP contribution < -0.4 is 5.73 Å². The van der Waals surface area contributed by atoms with Gasteiger partial charge in [0, 0.05) is 17.8 Å². The van der Waals surface area contributed by atoms with Crippen molar-refractivity contribution < 1.29 is 8.42 Å². The Morgan fingerprint density at radius 3 is 2.65 bits per heavy atom. The second-order valence-corrected chi connectivity index (χ2v) is 7.10. The van der Waals surface area contributed by atoms with E-state index in [0.29, 0.717) is 29.9 Å². The summed E-state index contributed by atoms with van der Waals surface area (Å²) in [6.45, 7) is 0.646. The number of aromatic nitrogens is 1. The Morgan fingerprint density at radius 2 is 2.12 bits per heavy atom. The molecule has 5 heteroatoms. The van der Waals surface area contributed by atoms with Gasteiger partial charge in [0.15, 0.2) is 0 Å². The van der Waals surface area contributed by atoms with Crippen molar-refractivity contribution in [3.63, 3.8) is 0 Å². The fraction of sp³-hybridized carbons (Fsp3) is 0.667. The van der Waals surface area contributed by atoms with Gasteiger partial charge in [-0.15, -0.1) is 0 Å². The average Bonchev–Trinajstić information content (AvgIpc) is 2.80. The van der Waals surface area contributed by atoms with Gasteiger partial charge in [0.25, 0.3) is 0 Å². The number of nitrogens with two attached hydrogens (primary N) is 1. The van der Waals surface area contributed by atoms with Crippen LogP contribution in [-0.2, 0) is 9.84 Å². The van der Waals surface area contributed by atoms with Crippen molar-refractivity contribution in [1.29, 1.82) is 0 Å². The SMILES string of the molecule is NCCC(c1ccc[nH]1)C1CCS(=O)(=O)CC1. The Kier molecular flexibility index (Phi) is 3.89. The molecule has 0 saturated carbocycles. The second kappa shape index (κ2) is 5.23. The van der Waals surface area contributed by atoms with Gasteiger partial charge in [-0.2, -0.15) is 0 Å². The third-order valence-electron chi connectivity index (χ3n) is 3.67. The summed E-state index contributed by atoms with van der Waals surface area (Å²) in [6, 6.07) is 4.06. The zero-order chi connectivity index (χ0) is 12.3. The maximum atomic E-state index is 11.4. The van der Waals surface area contributed by atoms with E-state index in [-0.39, 0.29) is 0 Å². The van der Waals surface area contributed by atoms with Gasteiger partial charge in [-0.05, 0) is 43.9 Å². The van der Waals surface area contributed by atoms with Crippen molar-refractivity contribution in [3.8, 4) is 0 Å². The number of H-pyrrole nitrogens is 1. The summed E-state index contributed by atoms with van der Waals surface area (Å²) in [5.41, 5.74) is 6.86. The Hall–Kier alpha value is -0.810. The molecule has 3 N–H and O–H groups in total. The van der Waals surface area contributed by atoms with Gasteiger partial charge >= 0.3 is 0 Å². The molecule has 1 aliphatic rings. The van der Waals surface area contributed by atoms with Gasteiger partial charge in [0.05, 0.1) is 11.5 Å². The molecule has 1 aromatic rings. The molecule has 1 unspecified atom stereocenters. The first-order valence-corrected chi connectivity index (χ1v) is 7.98. The molecule has 0 radical (unpaired) electrons. The van der Waals surface area contributed by atoms with Crippen LogP contribution in [0, 0.1) is 5.92 Å². The first-order valence-electron chi connectivity index (χ1n) is 6.16. The lowest BCUT2D eigenvalue weighted by Crippen LogP contribution is -2.28. The standard InChI is InChI=1S/C12H20N2O2S/c13-6-3-11(12-2-1-7-14-12)10-4-8-17(15,16)9-5-10/h1-2,7,10-11,14H,3-6,8-9,13H2. The molecule has 0 amide bonds. The lowest BCUT2D eigenvalue weighted by Gasteiger charge is -2.29. The quantitative estimate of drug-likeness (QED) is 0.852. The van der Waals surface area contributed by atoms with Crippen LogP contribution in [0.5, 0.6) is 0 Å². The molecule has 4 nitrogen and oxygen atoms in total. The number of hydrogen-bond acceptors (Lipinski definition) is 3. The molecule has 2 rings (SSSR count). The molecule has 0 aliphatic carbocycles. The number of sulfone groups is 1. The highest BCUT2D eigenvalue weighted by Crippen LogP contribution is 2.34. The monoisotopic (exact) mass is 256 g/mol. The first kappa shape index (κ1) is 12.6. The minimum absolute atomic E-state index is 0.333. The lowest BCUT2D eigenvalue weighted by molar-refractivity contribution is 0.366. The Morgan fingerprint density at radius 1 is 1.41 bits per heavy atom. The number of rotatable bonds is 4. The number of nitrogens with one attached hydrogen (secondary N) is 1. The van der Waals surface area contributed by atoms with E-state index in [4.69, 9.17) is 5.73 Å². The van der Waals surface area contributed by atoms with Crippen LogP contribution in [-0.4, -0.2) is 31.5 Å². The molecular weight excluding hydrogens is 236 g/mol. The first-order chi connectivity index (χ1) is 8.12. The van der Waals surface area contributed by atoms with Gasteiger partial charge in [-0.3, -0.25) is 0 Å². The Labute approximate surface area is 103 Å². The molecule has 2 heterocycles. The van der Waals surface area contributed by atoms with Crippen molar-refractivity contribution in [3.05, 3.63) is 24.0 Å². The van der Waals surface area contributed by atoms with Crippen LogP contribution in [0.15, 0.2) is 18.3 Å². The van der Waals surface area contributed by atoms with Gasteiger partial charge < -0.3 is 10.7 Å². The van der Waals surface area contributed by atoms with Gasteiger partial charge in [0.1, 0.15) is 9.84 Å². The average molecular weight is 256 g/mol. The molecule has 0 bridgehead atoms. The summed E-state index contributed by atoms with van der Waals surface area (Å²) >= 11 is 0. The van der Waals surface area contributed by atoms with Crippen LogP contribution in [0.1, 0.15) is 30.9 Å². The smallest absolute Gasteiger partial charge is 0.150 e. The predicted molar refractivity (Wildman–Crippen MR) is 68.6 cm³/mol. The third kappa shape index (κ3) is 3.10. The normalized spacial score (nSPS) is 22.4. The van der Waals surface area contributed by atoms with Crippen LogP contribution in [0.3, 0.4) is 0 Å². The van der Waals surface area contributed by atoms with Crippen molar-refractivity contribution >= 4 is 9.84 Å². The van der Waals surface area contributed by atoms with E-state index >= 15 is 0 Å². The maximum absolute atomic E-state index is 11.4. The summed E-state index contributed by atoms with van der Waals surface area (Å²) in [5, 5.41) is 0. The second-order valence-electron chi connectivity index (χ2n) is 4.80. The van der Waals surface area contributed by atoms with E-state index in [1.165, 1.54) is 5.69 Å². The summed E-state index contributed by atoms with van der Waals surface area (Å²) in [6.07, 6.45) is 4.38. The topological polar surface area (TPSA) is 76.0 Å². The van der Waals surface area contributed by atoms with Crippen molar-refractivity contribution in [2.45, 2.75) is 25.2 Å². The molecule has 1 atom stereocenters. The van der Waals surface area contributed by atoms with E-state index in [1.54, 1.807) is 0 Å². The Bertz CT molecular complexity index is 425. The van der Waals surface area contributed by atoms with E-state index in [2.05, 4.69) is 11.1 Å². The summed E-state index contributed by atoms with van der Waals surface area (Å²) in [4.78, 5) is 3.24. The molecular formula is C12H20N2O2S. The maximum Gasteiger partial charge on any atom is 0.150 e. The molecule has 96 valence electrons. The highest BCUT2D eigenvalue weighted by atomic mass is 32.2. The zero-order valence-electron chi connectivity index (χ0n) is 9.93. The number of hydrogen-bond donors (Lipinski definition) is 2. The molecule has 1 fully saturated rings. The molecule has 0 spiro atoms. The molecule has 1 aromatic heterocycles. The number of aromatic amines is 1. The van der Waals surface area contributed by atoms with E-state index < -0.39 is 9.84 Å². The fourth-order valence-electron chi connectivity index (χ4n) is 2.71. The zero-order valence-corrected chi connectivity index (χ0v) is 10.7. The fourth-order valence-corrected chi connectivity index (χ4v) is 4.24. The van der Waals surface area contributed by atoms with Crippen molar-refractivity contribution in [1.82, 2.24) is 4.98 Å². The molecule has 1 saturated heterocycles. The minimum atomic E-state index is -2.77. The predicted octanol–water partition coefficient (Wildman–Crippen LogP) is 1.27. The van der Waals surface area contributed by atoms with Gasteiger partial charge in [-0.1, -0.05) is 0 Å². The highest BCUT2D eigenvalue weighted by Gasteiger charge is 2.30. The largest absolute Gasteiger partial charge is 0.365 e. The van der Waals surface area contributed by atoms with Crippen LogP contribution in [0.25, 0.3) is 0 Å². The lowest BCUT2D eigenvalue weighted by atomic mass is 9.83. The van der Waals surface area contributed by atoms with E-state index in [9.17, 15) is 8.42 Å². The molecule has 1 aliphatic heterocycles. The summed E-state index contributed by atoms with van der Waals surface area (Å²) in [5.74, 6) is 1.49. The van der Waals surface area contributed by atoms with E-state index in [1.807, 2.05) is 12.3 Å². The van der Waals surface area contributed by atoms with Crippen LogP contribution in [0.2, 0.25) is 0 Å². The molecule has 17 heavy (non-hydrogen) atoms. The minimum Gasteiger partial charge on any atom is -0.365 e. The van der Waals surface area contributed by atoms with Crippen molar-refractivity contribution in [2.24, 2.45) is 11.7 Å². The van der Waals surface area contributed by atoms with Crippen LogP contribution >= 0.6 is 0 Å².